The molecule has 196 valence electrons. The second kappa shape index (κ2) is 9.88. The van der Waals surface area contributed by atoms with Crippen LogP contribution >= 0.6 is 0 Å². The van der Waals surface area contributed by atoms with Crippen LogP contribution in [0.15, 0.2) is 17.3 Å². The normalized spacial score (nSPS) is 24.2. The summed E-state index contributed by atoms with van der Waals surface area (Å²) in [6, 6.07) is 4.87. The number of hydrogen-bond donors (Lipinski definition) is 0. The topological polar surface area (TPSA) is 63.6 Å². The van der Waals surface area contributed by atoms with Gasteiger partial charge >= 0.3 is 5.97 Å². The Morgan fingerprint density at radius 1 is 1.03 bits per heavy atom. The summed E-state index contributed by atoms with van der Waals surface area (Å²) in [4.78, 5) is 22.9. The molecule has 0 aromatic heterocycles. The molecule has 36 heavy (non-hydrogen) atoms. The van der Waals surface area contributed by atoms with Gasteiger partial charge in [-0.3, -0.25) is 9.69 Å². The lowest BCUT2D eigenvalue weighted by atomic mass is 9.77. The van der Waals surface area contributed by atoms with E-state index in [-0.39, 0.29) is 17.5 Å². The van der Waals surface area contributed by atoms with Crippen LogP contribution < -0.4 is 4.74 Å². The van der Waals surface area contributed by atoms with Crippen LogP contribution in [-0.2, 0) is 20.9 Å². The minimum Gasteiger partial charge on any atom is -0.494 e. The van der Waals surface area contributed by atoms with Gasteiger partial charge in [0.25, 0.3) is 0 Å². The van der Waals surface area contributed by atoms with Gasteiger partial charge in [0.2, 0.25) is 0 Å². The standard InChI is InChI=1S/C29H41N3O4/c1-3-34-26-15-25(20-6-5-7-20)24(21-8-9-21)14-23(26)17-31-18-29(19-31)16-27(30-36-29)32-12-10-22(11-13-32)28(33)35-4-2/h14-15,20-22H,3-13,16-19H2,1-2H3. The highest BCUT2D eigenvalue weighted by Crippen LogP contribution is 2.49. The Labute approximate surface area is 215 Å². The molecule has 3 heterocycles. The van der Waals surface area contributed by atoms with Crippen molar-refractivity contribution in [3.63, 3.8) is 0 Å². The molecule has 7 nitrogen and oxygen atoms in total. The fourth-order valence-corrected chi connectivity index (χ4v) is 6.49. The number of esters is 1. The smallest absolute Gasteiger partial charge is 0.309 e. The first kappa shape index (κ1) is 24.1. The molecule has 4 fully saturated rings. The zero-order chi connectivity index (χ0) is 24.7. The molecule has 0 amide bonds. The lowest BCUT2D eigenvalue weighted by Gasteiger charge is -2.45. The predicted molar refractivity (Wildman–Crippen MR) is 138 cm³/mol. The lowest BCUT2D eigenvalue weighted by Crippen LogP contribution is -2.61. The molecule has 0 unspecified atom stereocenters. The molecule has 1 aromatic rings. The van der Waals surface area contributed by atoms with Crippen molar-refractivity contribution in [2.24, 2.45) is 11.1 Å². The summed E-state index contributed by atoms with van der Waals surface area (Å²) in [5.74, 6) is 3.61. The Morgan fingerprint density at radius 3 is 2.39 bits per heavy atom. The summed E-state index contributed by atoms with van der Waals surface area (Å²) >= 11 is 0. The van der Waals surface area contributed by atoms with Crippen molar-refractivity contribution in [1.82, 2.24) is 9.80 Å². The summed E-state index contributed by atoms with van der Waals surface area (Å²) in [7, 11) is 0. The maximum absolute atomic E-state index is 12.1. The molecular formula is C29H41N3O4. The van der Waals surface area contributed by atoms with Crippen LogP contribution in [0.3, 0.4) is 0 Å². The fraction of sp³-hybridized carbons (Fsp3) is 0.724. The Balaban J connectivity index is 1.05. The van der Waals surface area contributed by atoms with E-state index in [9.17, 15) is 4.79 Å². The minimum absolute atomic E-state index is 0.0213. The van der Waals surface area contributed by atoms with E-state index in [2.05, 4.69) is 34.0 Å². The van der Waals surface area contributed by atoms with E-state index in [0.29, 0.717) is 13.2 Å². The molecule has 7 heteroatoms. The molecule has 0 bridgehead atoms. The number of rotatable bonds is 8. The van der Waals surface area contributed by atoms with Crippen LogP contribution in [-0.4, -0.2) is 66.6 Å². The molecule has 1 spiro atoms. The average molecular weight is 496 g/mol. The largest absolute Gasteiger partial charge is 0.494 e. The summed E-state index contributed by atoms with van der Waals surface area (Å²) < 4.78 is 11.4. The molecular weight excluding hydrogens is 454 g/mol. The third-order valence-corrected chi connectivity index (χ3v) is 8.85. The van der Waals surface area contributed by atoms with Crippen molar-refractivity contribution >= 4 is 11.8 Å². The Hall–Kier alpha value is -2.28. The number of nitrogens with zero attached hydrogens (tertiary/aromatic N) is 3. The third-order valence-electron chi connectivity index (χ3n) is 8.85. The summed E-state index contributed by atoms with van der Waals surface area (Å²) in [6.07, 6.45) is 9.23. The first-order valence-corrected chi connectivity index (χ1v) is 14.3. The van der Waals surface area contributed by atoms with Gasteiger partial charge in [-0.2, -0.15) is 0 Å². The van der Waals surface area contributed by atoms with Crippen LogP contribution in [0, 0.1) is 5.92 Å². The quantitative estimate of drug-likeness (QED) is 0.483. The molecule has 2 saturated carbocycles. The molecule has 2 saturated heterocycles. The molecule has 3 aliphatic heterocycles. The van der Waals surface area contributed by atoms with Crippen LogP contribution in [0.5, 0.6) is 5.75 Å². The number of ether oxygens (including phenoxy) is 2. The SMILES string of the molecule is CCOC(=O)C1CCN(C2=NOC3(C2)CN(Cc2cc(C4CC4)c(C4CCC4)cc2OCC)C3)CC1. The highest BCUT2D eigenvalue weighted by Gasteiger charge is 2.51. The molecule has 0 atom stereocenters. The van der Waals surface area contributed by atoms with E-state index >= 15 is 0 Å². The lowest BCUT2D eigenvalue weighted by molar-refractivity contribution is -0.149. The zero-order valence-corrected chi connectivity index (χ0v) is 22.0. The van der Waals surface area contributed by atoms with E-state index in [0.717, 1.165) is 75.4 Å². The highest BCUT2D eigenvalue weighted by atomic mass is 16.7. The Bertz CT molecular complexity index is 1000. The maximum Gasteiger partial charge on any atom is 0.309 e. The number of amidine groups is 1. The van der Waals surface area contributed by atoms with Gasteiger partial charge in [-0.25, -0.2) is 0 Å². The Morgan fingerprint density at radius 2 is 1.75 bits per heavy atom. The van der Waals surface area contributed by atoms with Gasteiger partial charge in [0, 0.05) is 38.3 Å². The third kappa shape index (κ3) is 4.71. The van der Waals surface area contributed by atoms with Crippen molar-refractivity contribution in [3.8, 4) is 5.75 Å². The number of benzene rings is 1. The first-order chi connectivity index (χ1) is 17.6. The molecule has 2 aliphatic carbocycles. The van der Waals surface area contributed by atoms with Crippen LogP contribution in [0.25, 0.3) is 0 Å². The van der Waals surface area contributed by atoms with E-state index in [1.54, 1.807) is 11.1 Å². The van der Waals surface area contributed by atoms with Gasteiger partial charge in [-0.15, -0.1) is 0 Å². The van der Waals surface area contributed by atoms with Crippen LogP contribution in [0.2, 0.25) is 0 Å². The maximum atomic E-state index is 12.1. The van der Waals surface area contributed by atoms with Gasteiger partial charge in [-0.1, -0.05) is 17.6 Å². The Kier molecular flexibility index (Phi) is 6.61. The number of carbonyl (C=O) groups excluding carboxylic acids is 1. The van der Waals surface area contributed by atoms with E-state index < -0.39 is 0 Å². The summed E-state index contributed by atoms with van der Waals surface area (Å²) in [6.45, 7) is 9.51. The van der Waals surface area contributed by atoms with E-state index in [4.69, 9.17) is 14.3 Å². The van der Waals surface area contributed by atoms with Gasteiger partial charge in [-0.05, 0) is 81.4 Å². The summed E-state index contributed by atoms with van der Waals surface area (Å²) in [5, 5.41) is 4.50. The van der Waals surface area contributed by atoms with Crippen LogP contribution in [0.4, 0.5) is 0 Å². The van der Waals surface area contributed by atoms with E-state index in [1.807, 2.05) is 6.92 Å². The van der Waals surface area contributed by atoms with Crippen molar-refractivity contribution in [3.05, 3.63) is 28.8 Å². The molecule has 0 N–H and O–H groups in total. The number of piperidine rings is 1. The second-order valence-corrected chi connectivity index (χ2v) is 11.5. The molecule has 1 aromatic carbocycles. The van der Waals surface area contributed by atoms with Crippen molar-refractivity contribution in [2.45, 2.75) is 89.2 Å². The highest BCUT2D eigenvalue weighted by molar-refractivity contribution is 5.84. The van der Waals surface area contributed by atoms with Gasteiger partial charge < -0.3 is 19.2 Å². The molecule has 6 rings (SSSR count). The monoisotopic (exact) mass is 495 g/mol. The average Bonchev–Trinajstić information content (AvgIpc) is 3.57. The number of hydrogen-bond acceptors (Lipinski definition) is 7. The van der Waals surface area contributed by atoms with Crippen LogP contribution in [0.1, 0.15) is 93.7 Å². The van der Waals surface area contributed by atoms with E-state index in [1.165, 1.54) is 37.7 Å². The predicted octanol–water partition coefficient (Wildman–Crippen LogP) is 4.79. The number of oxime groups is 1. The van der Waals surface area contributed by atoms with Gasteiger partial charge in [0.1, 0.15) is 11.6 Å². The number of carbonyl (C=O) groups is 1. The zero-order valence-electron chi connectivity index (χ0n) is 22.0. The van der Waals surface area contributed by atoms with Crippen molar-refractivity contribution < 1.29 is 19.1 Å². The summed E-state index contributed by atoms with van der Waals surface area (Å²) in [5.41, 5.74) is 4.31. The second-order valence-electron chi connectivity index (χ2n) is 11.5. The van der Waals surface area contributed by atoms with Gasteiger partial charge in [0.15, 0.2) is 5.60 Å². The van der Waals surface area contributed by atoms with Crippen molar-refractivity contribution in [2.75, 3.05) is 39.4 Å². The first-order valence-electron chi connectivity index (χ1n) is 14.3. The number of likely N-dealkylation sites (tertiary alicyclic amines) is 2. The minimum atomic E-state index is -0.190. The molecule has 5 aliphatic rings. The van der Waals surface area contributed by atoms with Gasteiger partial charge in [0.05, 0.1) is 25.6 Å². The fourth-order valence-electron chi connectivity index (χ4n) is 6.49. The molecule has 0 radical (unpaired) electrons. The van der Waals surface area contributed by atoms with Crippen molar-refractivity contribution in [1.29, 1.82) is 0 Å².